The van der Waals surface area contributed by atoms with E-state index in [0.717, 1.165) is 40.8 Å². The van der Waals surface area contributed by atoms with Gasteiger partial charge in [0.25, 0.3) is 0 Å². The van der Waals surface area contributed by atoms with Crippen molar-refractivity contribution < 1.29 is 9.50 Å². The van der Waals surface area contributed by atoms with Crippen molar-refractivity contribution in [1.29, 1.82) is 0 Å². The lowest BCUT2D eigenvalue weighted by atomic mass is 10.0. The minimum Gasteiger partial charge on any atom is -0.507 e. The topological polar surface area (TPSA) is 58.0 Å². The van der Waals surface area contributed by atoms with Crippen LogP contribution in [0.5, 0.6) is 5.75 Å². The van der Waals surface area contributed by atoms with Gasteiger partial charge in [-0.25, -0.2) is 9.37 Å². The summed E-state index contributed by atoms with van der Waals surface area (Å²) in [7, 11) is 0. The van der Waals surface area contributed by atoms with Crippen LogP contribution in [-0.4, -0.2) is 15.1 Å². The van der Waals surface area contributed by atoms with Crippen LogP contribution in [0.1, 0.15) is 42.5 Å². The Kier molecular flexibility index (Phi) is 5.69. The minimum absolute atomic E-state index is 0.0310. The van der Waals surface area contributed by atoms with Gasteiger partial charge < -0.3 is 10.4 Å². The van der Waals surface area contributed by atoms with Crippen LogP contribution in [0.15, 0.2) is 48.8 Å². The second-order valence-electron chi connectivity index (χ2n) is 6.79. The maximum absolute atomic E-state index is 13.2. The predicted octanol–water partition coefficient (Wildman–Crippen LogP) is 5.56. The first-order chi connectivity index (χ1) is 13.0. The molecule has 5 heteroatoms. The fourth-order valence-electron chi connectivity index (χ4n) is 3.16. The number of rotatable bonds is 6. The number of phenols is 1. The van der Waals surface area contributed by atoms with Crippen molar-refractivity contribution in [2.45, 2.75) is 39.7 Å². The molecule has 0 bridgehead atoms. The smallest absolute Gasteiger partial charge is 0.145 e. The van der Waals surface area contributed by atoms with Gasteiger partial charge in [-0.3, -0.25) is 4.98 Å². The first kappa shape index (κ1) is 18.8. The monoisotopic (exact) mass is 365 g/mol. The Labute approximate surface area is 159 Å². The van der Waals surface area contributed by atoms with E-state index in [4.69, 9.17) is 4.98 Å². The third-order valence-corrected chi connectivity index (χ3v) is 4.59. The van der Waals surface area contributed by atoms with Gasteiger partial charge in [-0.2, -0.15) is 0 Å². The van der Waals surface area contributed by atoms with Crippen molar-refractivity contribution in [3.63, 3.8) is 0 Å². The molecule has 0 fully saturated rings. The zero-order valence-corrected chi connectivity index (χ0v) is 15.8. The van der Waals surface area contributed by atoms with Crippen LogP contribution in [0, 0.1) is 19.7 Å². The molecular weight excluding hydrogens is 341 g/mol. The Morgan fingerprint density at radius 2 is 1.74 bits per heavy atom. The molecular formula is C22H24FN3O. The Balaban J connectivity index is 1.89. The molecule has 3 rings (SSSR count). The summed E-state index contributed by atoms with van der Waals surface area (Å²) in [5, 5.41) is 13.4. The number of hydrogen-bond donors (Lipinski definition) is 2. The maximum Gasteiger partial charge on any atom is 0.145 e. The minimum atomic E-state index is -0.242. The Morgan fingerprint density at radius 3 is 2.37 bits per heavy atom. The highest BCUT2D eigenvalue weighted by Gasteiger charge is 2.13. The van der Waals surface area contributed by atoms with Gasteiger partial charge >= 0.3 is 0 Å². The normalized spacial score (nSPS) is 12.0. The lowest BCUT2D eigenvalue weighted by molar-refractivity contribution is 0.467. The number of aryl methyl sites for hydroxylation is 2. The van der Waals surface area contributed by atoms with Gasteiger partial charge in [0.15, 0.2) is 0 Å². The summed E-state index contributed by atoms with van der Waals surface area (Å²) in [6.45, 7) is 5.85. The maximum atomic E-state index is 13.2. The van der Waals surface area contributed by atoms with Crippen LogP contribution < -0.4 is 5.32 Å². The van der Waals surface area contributed by atoms with E-state index in [1.165, 1.54) is 12.1 Å². The highest BCUT2D eigenvalue weighted by atomic mass is 19.1. The average Bonchev–Trinajstić information content (AvgIpc) is 2.66. The van der Waals surface area contributed by atoms with Crippen LogP contribution in [0.3, 0.4) is 0 Å². The SMILES string of the molecule is CCCC(Nc1cncc(-c2cc(C)c(O)c(C)c2)n1)c1ccc(F)cc1. The molecule has 3 aromatic rings. The lowest BCUT2D eigenvalue weighted by Gasteiger charge is -2.19. The summed E-state index contributed by atoms with van der Waals surface area (Å²) in [5.74, 6) is 0.729. The van der Waals surface area contributed by atoms with Crippen LogP contribution in [0.4, 0.5) is 10.2 Å². The van der Waals surface area contributed by atoms with Gasteiger partial charge in [-0.15, -0.1) is 0 Å². The number of benzene rings is 2. The van der Waals surface area contributed by atoms with Crippen molar-refractivity contribution in [3.8, 4) is 17.0 Å². The van der Waals surface area contributed by atoms with E-state index in [0.29, 0.717) is 11.6 Å². The largest absolute Gasteiger partial charge is 0.507 e. The van der Waals surface area contributed by atoms with Gasteiger partial charge in [-0.05, 0) is 61.2 Å². The summed E-state index contributed by atoms with van der Waals surface area (Å²) >= 11 is 0. The van der Waals surface area contributed by atoms with Crippen molar-refractivity contribution in [1.82, 2.24) is 9.97 Å². The van der Waals surface area contributed by atoms with E-state index in [1.807, 2.05) is 26.0 Å². The summed E-state index contributed by atoms with van der Waals surface area (Å²) < 4.78 is 13.2. The number of nitrogens with zero attached hydrogens (tertiary/aromatic N) is 2. The second-order valence-corrected chi connectivity index (χ2v) is 6.79. The van der Waals surface area contributed by atoms with E-state index in [2.05, 4.69) is 17.2 Å². The molecule has 1 heterocycles. The van der Waals surface area contributed by atoms with Gasteiger partial charge in [0.2, 0.25) is 0 Å². The molecule has 0 aliphatic heterocycles. The lowest BCUT2D eigenvalue weighted by Crippen LogP contribution is -2.12. The molecule has 0 saturated heterocycles. The molecule has 0 spiro atoms. The zero-order valence-electron chi connectivity index (χ0n) is 15.8. The number of phenolic OH excluding ortho intramolecular Hbond substituents is 1. The van der Waals surface area contributed by atoms with Gasteiger partial charge in [0.1, 0.15) is 17.4 Å². The average molecular weight is 365 g/mol. The van der Waals surface area contributed by atoms with E-state index < -0.39 is 0 Å². The summed E-state index contributed by atoms with van der Waals surface area (Å²) in [6.07, 6.45) is 5.28. The van der Waals surface area contributed by atoms with E-state index >= 15 is 0 Å². The van der Waals surface area contributed by atoms with Crippen molar-refractivity contribution >= 4 is 5.82 Å². The Morgan fingerprint density at radius 1 is 1.07 bits per heavy atom. The molecule has 2 N–H and O–H groups in total. The predicted molar refractivity (Wildman–Crippen MR) is 106 cm³/mol. The van der Waals surface area contributed by atoms with Crippen molar-refractivity contribution in [3.05, 3.63) is 71.3 Å². The number of hydrogen-bond acceptors (Lipinski definition) is 4. The van der Waals surface area contributed by atoms with Crippen LogP contribution >= 0.6 is 0 Å². The molecule has 1 unspecified atom stereocenters. The first-order valence-corrected chi connectivity index (χ1v) is 9.12. The van der Waals surface area contributed by atoms with E-state index in [1.54, 1.807) is 24.5 Å². The molecule has 140 valence electrons. The van der Waals surface area contributed by atoms with Gasteiger partial charge in [0.05, 0.1) is 24.1 Å². The standard InChI is InChI=1S/C22H24FN3O/c1-4-5-19(16-6-8-18(23)9-7-16)25-21-13-24-12-20(26-21)17-10-14(2)22(27)15(3)11-17/h6-13,19,27H,4-5H2,1-3H3,(H,25,26). The van der Waals surface area contributed by atoms with Gasteiger partial charge in [-0.1, -0.05) is 25.5 Å². The molecule has 0 aliphatic carbocycles. The summed E-state index contributed by atoms with van der Waals surface area (Å²) in [6, 6.07) is 10.4. The third kappa shape index (κ3) is 4.42. The summed E-state index contributed by atoms with van der Waals surface area (Å²) in [4.78, 5) is 9.01. The molecule has 0 saturated carbocycles. The Hall–Kier alpha value is -2.95. The number of halogens is 1. The fraction of sp³-hybridized carbons (Fsp3) is 0.273. The van der Waals surface area contributed by atoms with E-state index in [-0.39, 0.29) is 11.9 Å². The molecule has 27 heavy (non-hydrogen) atoms. The van der Waals surface area contributed by atoms with Gasteiger partial charge in [0, 0.05) is 5.56 Å². The first-order valence-electron chi connectivity index (χ1n) is 9.12. The highest BCUT2D eigenvalue weighted by Crippen LogP contribution is 2.29. The quantitative estimate of drug-likeness (QED) is 0.600. The molecule has 0 radical (unpaired) electrons. The number of aromatic hydroxyl groups is 1. The van der Waals surface area contributed by atoms with Crippen LogP contribution in [0.2, 0.25) is 0 Å². The molecule has 1 atom stereocenters. The third-order valence-electron chi connectivity index (χ3n) is 4.59. The zero-order chi connectivity index (χ0) is 19.4. The Bertz CT molecular complexity index is 902. The van der Waals surface area contributed by atoms with Crippen LogP contribution in [-0.2, 0) is 0 Å². The second kappa shape index (κ2) is 8.16. The summed E-state index contributed by atoms with van der Waals surface area (Å²) in [5.41, 5.74) is 4.27. The number of anilines is 1. The van der Waals surface area contributed by atoms with Crippen LogP contribution in [0.25, 0.3) is 11.3 Å². The molecule has 2 aromatic carbocycles. The van der Waals surface area contributed by atoms with Crippen molar-refractivity contribution in [2.24, 2.45) is 0 Å². The molecule has 1 aromatic heterocycles. The fourth-order valence-corrected chi connectivity index (χ4v) is 3.16. The highest BCUT2D eigenvalue weighted by molar-refractivity contribution is 5.64. The number of aromatic nitrogens is 2. The molecule has 0 aliphatic rings. The van der Waals surface area contributed by atoms with Crippen molar-refractivity contribution in [2.75, 3.05) is 5.32 Å². The molecule has 0 amide bonds. The molecule has 4 nitrogen and oxygen atoms in total. The van der Waals surface area contributed by atoms with E-state index in [9.17, 15) is 9.50 Å². The number of nitrogens with one attached hydrogen (secondary N) is 1.